The zero-order valence-corrected chi connectivity index (χ0v) is 13.4. The van der Waals surface area contributed by atoms with Crippen LogP contribution in [0.4, 0.5) is 0 Å². The predicted octanol–water partition coefficient (Wildman–Crippen LogP) is 3.77. The molecular formula is C15H17Cl2NO3. The predicted molar refractivity (Wildman–Crippen MR) is 81.5 cm³/mol. The van der Waals surface area contributed by atoms with E-state index in [9.17, 15) is 14.7 Å². The van der Waals surface area contributed by atoms with E-state index in [0.717, 1.165) is 0 Å². The van der Waals surface area contributed by atoms with Crippen LogP contribution in [0.3, 0.4) is 0 Å². The number of hydrogen-bond acceptors (Lipinski definition) is 2. The topological polar surface area (TPSA) is 57.6 Å². The first-order chi connectivity index (χ1) is 9.82. The number of carboxylic acids is 1. The van der Waals surface area contributed by atoms with Gasteiger partial charge in [0.2, 0.25) is 5.91 Å². The Balaban J connectivity index is 2.51. The molecule has 1 amide bonds. The van der Waals surface area contributed by atoms with E-state index >= 15 is 0 Å². The van der Waals surface area contributed by atoms with E-state index in [1.165, 1.54) is 0 Å². The molecule has 4 nitrogen and oxygen atoms in total. The first-order valence-electron chi connectivity index (χ1n) is 6.82. The molecule has 1 aromatic carbocycles. The molecule has 2 rings (SSSR count). The summed E-state index contributed by atoms with van der Waals surface area (Å²) < 4.78 is 0. The molecule has 0 saturated carbocycles. The number of nitrogens with zero attached hydrogens (tertiary/aromatic N) is 1. The molecule has 1 fully saturated rings. The second-order valence-corrected chi connectivity index (χ2v) is 6.31. The quantitative estimate of drug-likeness (QED) is 0.918. The zero-order chi connectivity index (χ0) is 15.7. The van der Waals surface area contributed by atoms with Crippen LogP contribution >= 0.6 is 23.2 Å². The van der Waals surface area contributed by atoms with E-state index in [2.05, 4.69) is 0 Å². The van der Waals surface area contributed by atoms with E-state index in [1.807, 2.05) is 13.8 Å². The number of rotatable bonds is 3. The van der Waals surface area contributed by atoms with Gasteiger partial charge in [-0.1, -0.05) is 29.3 Å². The Bertz CT molecular complexity index is 574. The molecule has 0 aliphatic carbocycles. The van der Waals surface area contributed by atoms with Gasteiger partial charge in [0, 0.05) is 12.5 Å². The average molecular weight is 330 g/mol. The number of carbonyl (C=O) groups excluding carboxylic acids is 1. The second kappa shape index (κ2) is 6.24. The summed E-state index contributed by atoms with van der Waals surface area (Å²) in [5.74, 6) is -1.56. The number of hydrogen-bond donors (Lipinski definition) is 1. The van der Waals surface area contributed by atoms with E-state index in [0.29, 0.717) is 22.0 Å². The van der Waals surface area contributed by atoms with Gasteiger partial charge in [0.1, 0.15) is 0 Å². The highest BCUT2D eigenvalue weighted by atomic mass is 35.5. The van der Waals surface area contributed by atoms with E-state index in [1.54, 1.807) is 23.1 Å². The molecular weight excluding hydrogens is 313 g/mol. The van der Waals surface area contributed by atoms with Crippen LogP contribution in [-0.2, 0) is 9.59 Å². The maximum atomic E-state index is 12.2. The summed E-state index contributed by atoms with van der Waals surface area (Å²) in [6.07, 6.45) is 0.593. The third kappa shape index (κ3) is 3.16. The fraction of sp³-hybridized carbons (Fsp3) is 0.467. The monoisotopic (exact) mass is 329 g/mol. The minimum absolute atomic E-state index is 0.0291. The fourth-order valence-electron chi connectivity index (χ4n) is 2.87. The molecule has 2 unspecified atom stereocenters. The molecule has 0 radical (unpaired) electrons. The van der Waals surface area contributed by atoms with Crippen molar-refractivity contribution in [1.82, 2.24) is 4.90 Å². The van der Waals surface area contributed by atoms with Crippen molar-refractivity contribution < 1.29 is 14.7 Å². The van der Waals surface area contributed by atoms with Crippen LogP contribution in [0.1, 0.15) is 38.3 Å². The van der Waals surface area contributed by atoms with Gasteiger partial charge in [-0.25, -0.2) is 0 Å². The molecule has 2 atom stereocenters. The van der Waals surface area contributed by atoms with Gasteiger partial charge in [0.15, 0.2) is 0 Å². The van der Waals surface area contributed by atoms with Crippen molar-refractivity contribution in [3.8, 4) is 0 Å². The molecule has 21 heavy (non-hydrogen) atoms. The van der Waals surface area contributed by atoms with Crippen molar-refractivity contribution >= 4 is 35.1 Å². The largest absolute Gasteiger partial charge is 0.481 e. The lowest BCUT2D eigenvalue weighted by Gasteiger charge is -2.42. The first-order valence-corrected chi connectivity index (χ1v) is 7.57. The van der Waals surface area contributed by atoms with Gasteiger partial charge in [-0.2, -0.15) is 0 Å². The van der Waals surface area contributed by atoms with Crippen LogP contribution in [0, 0.1) is 5.92 Å². The van der Waals surface area contributed by atoms with Gasteiger partial charge in [-0.15, -0.1) is 0 Å². The third-order valence-corrected chi connectivity index (χ3v) is 4.54. The molecule has 1 N–H and O–H groups in total. The summed E-state index contributed by atoms with van der Waals surface area (Å²) in [5, 5.41) is 10.3. The van der Waals surface area contributed by atoms with E-state index in [-0.39, 0.29) is 18.4 Å². The maximum Gasteiger partial charge on any atom is 0.308 e. The lowest BCUT2D eigenvalue weighted by molar-refractivity contribution is -0.153. The Morgan fingerprint density at radius 3 is 2.52 bits per heavy atom. The standard InChI is InChI=1S/C15H17Cl2NO3/c1-8(2)18-13(19)6-4-10(15(20)21)14(18)9-3-5-11(16)12(17)7-9/h3,5,7-8,10,14H,4,6H2,1-2H3,(H,20,21). The number of carbonyl (C=O) groups is 2. The Morgan fingerprint density at radius 1 is 1.33 bits per heavy atom. The van der Waals surface area contributed by atoms with Gasteiger partial charge >= 0.3 is 5.97 Å². The summed E-state index contributed by atoms with van der Waals surface area (Å²) in [7, 11) is 0. The molecule has 1 saturated heterocycles. The van der Waals surface area contributed by atoms with Crippen LogP contribution in [0.5, 0.6) is 0 Å². The highest BCUT2D eigenvalue weighted by Gasteiger charge is 2.41. The smallest absolute Gasteiger partial charge is 0.308 e. The summed E-state index contributed by atoms with van der Waals surface area (Å²) in [4.78, 5) is 25.4. The van der Waals surface area contributed by atoms with Crippen LogP contribution in [0.15, 0.2) is 18.2 Å². The first kappa shape index (κ1) is 16.1. The van der Waals surface area contributed by atoms with Crippen molar-refractivity contribution in [3.05, 3.63) is 33.8 Å². The van der Waals surface area contributed by atoms with Crippen molar-refractivity contribution in [2.75, 3.05) is 0 Å². The fourth-order valence-corrected chi connectivity index (χ4v) is 3.18. The number of halogens is 2. The SMILES string of the molecule is CC(C)N1C(=O)CCC(C(=O)O)C1c1ccc(Cl)c(Cl)c1. The maximum absolute atomic E-state index is 12.2. The Hall–Kier alpha value is -1.26. The molecule has 0 aromatic heterocycles. The van der Waals surface area contributed by atoms with E-state index in [4.69, 9.17) is 23.2 Å². The molecule has 114 valence electrons. The minimum Gasteiger partial charge on any atom is -0.481 e. The van der Waals surface area contributed by atoms with Crippen LogP contribution in [0.25, 0.3) is 0 Å². The zero-order valence-electron chi connectivity index (χ0n) is 11.8. The molecule has 1 aliphatic heterocycles. The van der Waals surface area contributed by atoms with Gasteiger partial charge in [0.25, 0.3) is 0 Å². The Labute approximate surface area is 133 Å². The minimum atomic E-state index is -0.899. The van der Waals surface area contributed by atoms with Gasteiger partial charge in [-0.05, 0) is 38.0 Å². The highest BCUT2D eigenvalue weighted by molar-refractivity contribution is 6.42. The van der Waals surface area contributed by atoms with Crippen molar-refractivity contribution in [2.24, 2.45) is 5.92 Å². The lowest BCUT2D eigenvalue weighted by Crippen LogP contribution is -2.48. The van der Waals surface area contributed by atoms with Crippen molar-refractivity contribution in [2.45, 2.75) is 38.8 Å². The number of likely N-dealkylation sites (tertiary alicyclic amines) is 1. The van der Waals surface area contributed by atoms with Crippen LogP contribution in [-0.4, -0.2) is 27.9 Å². The second-order valence-electron chi connectivity index (χ2n) is 5.50. The van der Waals surface area contributed by atoms with Crippen molar-refractivity contribution in [1.29, 1.82) is 0 Å². The van der Waals surface area contributed by atoms with Gasteiger partial charge in [-0.3, -0.25) is 9.59 Å². The number of benzene rings is 1. The summed E-state index contributed by atoms with van der Waals surface area (Å²) in [5.41, 5.74) is 0.707. The summed E-state index contributed by atoms with van der Waals surface area (Å²) in [6.45, 7) is 3.76. The molecule has 1 aromatic rings. The van der Waals surface area contributed by atoms with Crippen molar-refractivity contribution in [3.63, 3.8) is 0 Å². The van der Waals surface area contributed by atoms with Crippen LogP contribution in [0.2, 0.25) is 10.0 Å². The van der Waals surface area contributed by atoms with Crippen LogP contribution < -0.4 is 0 Å². The van der Waals surface area contributed by atoms with Gasteiger partial charge in [0.05, 0.1) is 22.0 Å². The molecule has 1 aliphatic rings. The molecule has 6 heteroatoms. The number of amides is 1. The molecule has 0 bridgehead atoms. The Kier molecular flexibility index (Phi) is 4.79. The average Bonchev–Trinajstić information content (AvgIpc) is 2.40. The van der Waals surface area contributed by atoms with Gasteiger partial charge < -0.3 is 10.0 Å². The highest BCUT2D eigenvalue weighted by Crippen LogP contribution is 2.39. The molecule has 1 heterocycles. The number of piperidine rings is 1. The Morgan fingerprint density at radius 2 is 2.00 bits per heavy atom. The molecule has 0 spiro atoms. The number of carboxylic acid groups (broad SMARTS) is 1. The summed E-state index contributed by atoms with van der Waals surface area (Å²) in [6, 6.07) is 4.43. The summed E-state index contributed by atoms with van der Waals surface area (Å²) >= 11 is 12.0. The third-order valence-electron chi connectivity index (χ3n) is 3.80. The lowest BCUT2D eigenvalue weighted by atomic mass is 9.83. The van der Waals surface area contributed by atoms with E-state index < -0.39 is 17.9 Å². The number of aliphatic carboxylic acids is 1. The normalized spacial score (nSPS) is 22.7.